The van der Waals surface area contributed by atoms with Crippen molar-refractivity contribution in [3.05, 3.63) is 58.7 Å². The zero-order valence-corrected chi connectivity index (χ0v) is 68.6. The molecule has 368 valence electrons. The molecular weight excluding hydrogens is 1540 g/mol. The fourth-order valence-electron chi connectivity index (χ4n) is 4.22. The minimum atomic E-state index is -1.89. The first-order valence-electron chi connectivity index (χ1n) is 16.5. The standard InChI is InChI=1S/C10H8F2O2.C7H7BF2O3.C3H5IO.H34P32/c11-9-1-6(7-4-14-5-7)2-10(12)8(9)3-13;1-13-7-5(9)2-4(8(11)12)3-6(7)10;4-3-1-5-2-3;1-18(2)26(17)30(25(15)16)32(29(23(11)12)24(13)14)31(27(19(3)4)20(5)6)28(21(7)8)22(9)10/h1-3,7H,4-5H2;2-3,11-12H,1H3;3H,1-2H2;1-17H2. The number of aldehydes is 1. The first kappa shape index (κ1) is 74.0. The lowest BCUT2D eigenvalue weighted by Gasteiger charge is -2.53. The van der Waals surface area contributed by atoms with Gasteiger partial charge in [-0.3, -0.25) is 4.79 Å². The van der Waals surface area contributed by atoms with Crippen LogP contribution in [0.25, 0.3) is 0 Å². The van der Waals surface area contributed by atoms with Crippen LogP contribution in [0.4, 0.5) is 17.6 Å². The Morgan fingerprint density at radius 2 is 0.906 bits per heavy atom. The number of methoxy groups -OCH3 is 1. The van der Waals surface area contributed by atoms with Crippen molar-refractivity contribution in [2.24, 2.45) is 0 Å². The highest BCUT2D eigenvalue weighted by Gasteiger charge is 2.51. The topological polar surface area (TPSA) is 85.2 Å². The van der Waals surface area contributed by atoms with Crippen LogP contribution in [0.15, 0.2) is 24.3 Å². The normalized spacial score (nSPS) is 16.0. The number of carbonyl (C=O) groups is 1. The Labute approximate surface area is 447 Å². The van der Waals surface area contributed by atoms with Crippen LogP contribution in [0.3, 0.4) is 0 Å². The maximum atomic E-state index is 13.1. The molecule has 6 nitrogen and oxygen atoms in total. The smallest absolute Gasteiger partial charge is 0.488 e. The van der Waals surface area contributed by atoms with Crippen LogP contribution in [0.5, 0.6) is 5.75 Å². The third-order valence-corrected chi connectivity index (χ3v) is 221. The summed E-state index contributed by atoms with van der Waals surface area (Å²) >= 11 is 2.37. The van der Waals surface area contributed by atoms with Gasteiger partial charge in [0.25, 0.3) is 0 Å². The molecule has 2 aromatic rings. The van der Waals surface area contributed by atoms with Crippen molar-refractivity contribution in [3.63, 3.8) is 0 Å². The van der Waals surface area contributed by atoms with Gasteiger partial charge in [-0.25, -0.2) is 17.6 Å². The molecule has 2 aromatic carbocycles. The largest absolute Gasteiger partial charge is 0.491 e. The molecule has 20 unspecified atom stereocenters. The molecule has 64 heavy (non-hydrogen) atoms. The molecule has 0 aromatic heterocycles. The molecule has 0 saturated carbocycles. The highest BCUT2D eigenvalue weighted by atomic mass is 127. The van der Waals surface area contributed by atoms with Gasteiger partial charge in [0.2, 0.25) is 0 Å². The number of halogens is 5. The van der Waals surface area contributed by atoms with E-state index in [2.05, 4.69) is 179 Å². The molecule has 2 fully saturated rings. The summed E-state index contributed by atoms with van der Waals surface area (Å²) in [7, 11) is 55.5. The summed E-state index contributed by atoms with van der Waals surface area (Å²) < 4.78 is 67.0. The van der Waals surface area contributed by atoms with E-state index in [0.717, 1.165) is 36.4 Å². The second-order valence-electron chi connectivity index (χ2n) is 11.7. The average Bonchev–Trinajstić information content (AvgIpc) is 3.12. The summed E-state index contributed by atoms with van der Waals surface area (Å²) in [6, 6.07) is 3.99. The zero-order valence-electron chi connectivity index (χ0n) is 33.4. The van der Waals surface area contributed by atoms with Crippen LogP contribution < -0.4 is 10.2 Å². The van der Waals surface area contributed by atoms with Crippen LogP contribution in [-0.2, 0) is 9.47 Å². The third kappa shape index (κ3) is 25.7. The summed E-state index contributed by atoms with van der Waals surface area (Å²) in [4.78, 5) is 10.3. The van der Waals surface area contributed by atoms with E-state index in [1.54, 1.807) is 0 Å². The molecule has 0 bridgehead atoms. The van der Waals surface area contributed by atoms with E-state index in [1.165, 1.54) is 12.1 Å². The van der Waals surface area contributed by atoms with Gasteiger partial charge >= 0.3 is 7.12 Å². The average molecular weight is 1600 g/mol. The Hall–Kier alpha value is 12.0. The lowest BCUT2D eigenvalue weighted by atomic mass is 9.80. The molecule has 4 rings (SSSR count). The highest BCUT2D eigenvalue weighted by molar-refractivity contribution is 14.1. The Bertz CT molecular complexity index is 1610. The van der Waals surface area contributed by atoms with Crippen molar-refractivity contribution in [2.75, 3.05) is 33.5 Å². The van der Waals surface area contributed by atoms with Gasteiger partial charge in [-0.1, -0.05) is 22.6 Å². The number of hydrogen-bond donors (Lipinski definition) is 2. The van der Waals surface area contributed by atoms with Crippen molar-refractivity contribution in [3.8, 4) is 5.75 Å². The lowest BCUT2D eigenvalue weighted by Crippen LogP contribution is -2.30. The molecule has 2 aliphatic heterocycles. The van der Waals surface area contributed by atoms with Crippen LogP contribution in [0, 0.1) is 23.3 Å². The van der Waals surface area contributed by atoms with Crippen molar-refractivity contribution >= 4 is 298 Å². The summed E-state index contributed by atoms with van der Waals surface area (Å²) in [5.41, 5.74) is -0.207. The van der Waals surface area contributed by atoms with Crippen molar-refractivity contribution in [1.82, 2.24) is 0 Å². The van der Waals surface area contributed by atoms with Gasteiger partial charge in [0.1, 0.15) is 11.6 Å². The summed E-state index contributed by atoms with van der Waals surface area (Å²) in [5, 5.41) is 17.2. The van der Waals surface area contributed by atoms with Crippen molar-refractivity contribution < 1.29 is 46.6 Å². The van der Waals surface area contributed by atoms with Gasteiger partial charge in [-0.05, 0) is 140 Å². The van der Waals surface area contributed by atoms with Gasteiger partial charge < -0.3 is 24.3 Å². The fourth-order valence-corrected chi connectivity index (χ4v) is 419. The van der Waals surface area contributed by atoms with Crippen LogP contribution >= 0.6 is 279 Å². The molecule has 2 N–H and O–H groups in total. The predicted molar refractivity (Wildman–Crippen MR) is 386 cm³/mol. The summed E-state index contributed by atoms with van der Waals surface area (Å²) in [5.74, 6) is -4.02. The third-order valence-electron chi connectivity index (χ3n) is 7.11. The monoisotopic (exact) mass is 1600 g/mol. The minimum Gasteiger partial charge on any atom is -0.491 e. The lowest BCUT2D eigenvalue weighted by molar-refractivity contribution is 0.00820. The van der Waals surface area contributed by atoms with E-state index in [-0.39, 0.29) is 122 Å². The molecule has 0 aliphatic carbocycles. The van der Waals surface area contributed by atoms with E-state index in [9.17, 15) is 22.4 Å². The fraction of sp³-hybridized carbons (Fsp3) is 0.350. The molecule has 0 amide bonds. The van der Waals surface area contributed by atoms with E-state index >= 15 is 0 Å². The summed E-state index contributed by atoms with van der Waals surface area (Å²) in [6.07, 6.45) is 0.186. The van der Waals surface area contributed by atoms with E-state index in [4.69, 9.17) is 19.5 Å². The van der Waals surface area contributed by atoms with Crippen molar-refractivity contribution in [1.29, 1.82) is 0 Å². The predicted octanol–water partition coefficient (Wildman–Crippen LogP) is 20.8. The second-order valence-corrected chi connectivity index (χ2v) is 143. The molecule has 2 heterocycles. The van der Waals surface area contributed by atoms with E-state index < -0.39 is 41.7 Å². The first-order valence-corrected chi connectivity index (χ1v) is 75.3. The van der Waals surface area contributed by atoms with E-state index in [1.807, 2.05) is 0 Å². The molecule has 44 heteroatoms. The van der Waals surface area contributed by atoms with Gasteiger partial charge in [-0.15, -0.1) is 152 Å². The Morgan fingerprint density at radius 3 is 1.12 bits per heavy atom. The maximum Gasteiger partial charge on any atom is 0.488 e. The van der Waals surface area contributed by atoms with Crippen LogP contribution in [0.1, 0.15) is 21.8 Å². The molecule has 2 aliphatic rings. The molecule has 0 radical (unpaired) electrons. The second kappa shape index (κ2) is 39.5. The molecule has 0 spiro atoms. The van der Waals surface area contributed by atoms with Gasteiger partial charge in [-0.2, -0.15) is 0 Å². The van der Waals surface area contributed by atoms with Gasteiger partial charge in [0.15, 0.2) is 23.7 Å². The van der Waals surface area contributed by atoms with Crippen LogP contribution in [0.2, 0.25) is 0 Å². The quantitative estimate of drug-likeness (QED) is 0.0386. The van der Waals surface area contributed by atoms with E-state index in [0.29, 0.717) is 18.8 Å². The van der Waals surface area contributed by atoms with Crippen molar-refractivity contribution in [2.45, 2.75) is 9.84 Å². The summed E-state index contributed by atoms with van der Waals surface area (Å²) in [6.45, 7) is 2.42. The molecule has 20 atom stereocenters. The zero-order chi connectivity index (χ0) is 49.5. The SMILES string of the molecule is COc1c(F)cc(B(O)O)cc1F.IC1COC1.O=Cc1c(F)cc(C2COC2)cc1F.PP(P)P(P)P(P(P)P)P(P(P(P)P)P(P)P)P(P(P(P)P)P(P)P)P(P(P)P)P(P)P. The number of alkyl halides is 1. The molecule has 2 saturated heterocycles. The van der Waals surface area contributed by atoms with Gasteiger partial charge in [0.05, 0.1) is 43.0 Å². The Kier molecular flexibility index (Phi) is 45.7. The number of carbonyl (C=O) groups excluding carboxylic acids is 1. The highest BCUT2D eigenvalue weighted by Crippen LogP contribution is 3.39. The number of benzene rings is 2. The maximum absolute atomic E-state index is 13.1. The minimum absolute atomic E-state index is 0.0135. The van der Waals surface area contributed by atoms with Crippen LogP contribution in [-0.4, -0.2) is 60.9 Å². The number of hydrogen-bond acceptors (Lipinski definition) is 6. The number of rotatable bonds is 18. The Balaban J connectivity index is 0.000000515. The van der Waals surface area contributed by atoms with Gasteiger partial charge in [0, 0.05) is 5.92 Å². The molecular formula is C20H54BF4IO6P32. The first-order chi connectivity index (χ1) is 29.7. The number of ether oxygens (including phenoxy) is 3. The Morgan fingerprint density at radius 1 is 0.578 bits per heavy atom.